The maximum absolute atomic E-state index is 11.8. The zero-order valence-corrected chi connectivity index (χ0v) is 9.02. The minimum Gasteiger partial charge on any atom is -0.378 e. The summed E-state index contributed by atoms with van der Waals surface area (Å²) in [5, 5.41) is 0. The van der Waals surface area contributed by atoms with Crippen LogP contribution >= 0.6 is 0 Å². The van der Waals surface area contributed by atoms with E-state index in [9.17, 15) is 4.79 Å². The topological polar surface area (TPSA) is 58.8 Å². The first-order valence-corrected chi connectivity index (χ1v) is 5.59. The molecule has 0 radical (unpaired) electrons. The van der Waals surface area contributed by atoms with Crippen LogP contribution in [0.2, 0.25) is 0 Å². The molecule has 2 rings (SSSR count). The fraction of sp³-hybridized carbons (Fsp3) is 0.900. The van der Waals surface area contributed by atoms with E-state index in [-0.39, 0.29) is 11.9 Å². The van der Waals surface area contributed by atoms with E-state index < -0.39 is 0 Å². The summed E-state index contributed by atoms with van der Waals surface area (Å²) >= 11 is 0. The number of nitrogens with zero attached hydrogens (tertiary/aromatic N) is 2. The Kier molecular flexibility index (Phi) is 3.56. The highest BCUT2D eigenvalue weighted by molar-refractivity contribution is 5.78. The third-order valence-electron chi connectivity index (χ3n) is 3.03. The van der Waals surface area contributed by atoms with Crippen molar-refractivity contribution < 1.29 is 9.53 Å². The quantitative estimate of drug-likeness (QED) is 0.631. The lowest BCUT2D eigenvalue weighted by atomic mass is 10.3. The average Bonchev–Trinajstić information content (AvgIpc) is 2.65. The first kappa shape index (κ1) is 10.9. The van der Waals surface area contributed by atoms with Gasteiger partial charge >= 0.3 is 0 Å². The van der Waals surface area contributed by atoms with Gasteiger partial charge in [-0.2, -0.15) is 0 Å². The third-order valence-corrected chi connectivity index (χ3v) is 3.03. The molecule has 0 aromatic rings. The van der Waals surface area contributed by atoms with Gasteiger partial charge in [0, 0.05) is 32.2 Å². The minimum absolute atomic E-state index is 0.215. The van der Waals surface area contributed by atoms with Crippen molar-refractivity contribution in [3.05, 3.63) is 0 Å². The van der Waals surface area contributed by atoms with Crippen LogP contribution in [0.5, 0.6) is 0 Å². The second-order valence-corrected chi connectivity index (χ2v) is 4.28. The van der Waals surface area contributed by atoms with E-state index >= 15 is 0 Å². The molecule has 2 aliphatic rings. The van der Waals surface area contributed by atoms with Gasteiger partial charge in [-0.25, -0.2) is 0 Å². The summed E-state index contributed by atoms with van der Waals surface area (Å²) in [5.41, 5.74) is 5.79. The highest BCUT2D eigenvalue weighted by Crippen LogP contribution is 2.07. The molecule has 5 heteroatoms. The van der Waals surface area contributed by atoms with Crippen LogP contribution in [0.4, 0.5) is 0 Å². The van der Waals surface area contributed by atoms with Gasteiger partial charge in [0.1, 0.15) is 0 Å². The van der Waals surface area contributed by atoms with E-state index in [4.69, 9.17) is 10.5 Å². The van der Waals surface area contributed by atoms with Crippen LogP contribution in [0.15, 0.2) is 0 Å². The summed E-state index contributed by atoms with van der Waals surface area (Å²) in [5.74, 6) is 0.215. The molecule has 86 valence electrons. The maximum atomic E-state index is 11.8. The van der Waals surface area contributed by atoms with Crippen molar-refractivity contribution in [1.29, 1.82) is 0 Å². The Balaban J connectivity index is 1.76. The Morgan fingerprint density at radius 3 is 2.67 bits per heavy atom. The van der Waals surface area contributed by atoms with Crippen LogP contribution in [0.3, 0.4) is 0 Å². The molecule has 15 heavy (non-hydrogen) atoms. The van der Waals surface area contributed by atoms with Gasteiger partial charge in [0.15, 0.2) is 0 Å². The van der Waals surface area contributed by atoms with Crippen LogP contribution in [0, 0.1) is 0 Å². The second kappa shape index (κ2) is 4.92. The van der Waals surface area contributed by atoms with E-state index in [0.717, 1.165) is 32.6 Å². The number of nitrogens with two attached hydrogens (primary N) is 1. The number of hydrogen-bond donors (Lipinski definition) is 1. The Hall–Kier alpha value is -0.650. The van der Waals surface area contributed by atoms with Crippen molar-refractivity contribution in [2.75, 3.05) is 45.9 Å². The van der Waals surface area contributed by atoms with Gasteiger partial charge in [-0.15, -0.1) is 0 Å². The summed E-state index contributed by atoms with van der Waals surface area (Å²) in [6.45, 7) is 5.15. The van der Waals surface area contributed by atoms with Gasteiger partial charge in [0.2, 0.25) is 5.91 Å². The number of ether oxygens (including phenoxy) is 1. The number of rotatable bonds is 2. The second-order valence-electron chi connectivity index (χ2n) is 4.28. The van der Waals surface area contributed by atoms with E-state index in [0.29, 0.717) is 19.8 Å². The fourth-order valence-corrected chi connectivity index (χ4v) is 2.11. The van der Waals surface area contributed by atoms with E-state index in [2.05, 4.69) is 4.90 Å². The Labute approximate surface area is 90.1 Å². The highest BCUT2D eigenvalue weighted by atomic mass is 16.5. The van der Waals surface area contributed by atoms with E-state index in [1.54, 1.807) is 0 Å². The van der Waals surface area contributed by atoms with Gasteiger partial charge in [-0.3, -0.25) is 9.69 Å². The third kappa shape index (κ3) is 2.90. The Morgan fingerprint density at radius 2 is 2.07 bits per heavy atom. The van der Waals surface area contributed by atoms with Crippen molar-refractivity contribution in [3.63, 3.8) is 0 Å². The number of morpholine rings is 1. The van der Waals surface area contributed by atoms with Crippen LogP contribution in [-0.4, -0.2) is 67.7 Å². The number of likely N-dealkylation sites (tertiary alicyclic amines) is 1. The molecule has 1 atom stereocenters. The van der Waals surface area contributed by atoms with Crippen molar-refractivity contribution >= 4 is 5.91 Å². The zero-order valence-electron chi connectivity index (χ0n) is 9.02. The molecule has 0 aliphatic carbocycles. The molecule has 2 heterocycles. The number of carbonyl (C=O) groups is 1. The summed E-state index contributed by atoms with van der Waals surface area (Å²) in [7, 11) is 0. The van der Waals surface area contributed by atoms with Crippen molar-refractivity contribution in [1.82, 2.24) is 9.80 Å². The molecular weight excluding hydrogens is 194 g/mol. The maximum Gasteiger partial charge on any atom is 0.236 e. The lowest BCUT2D eigenvalue weighted by Gasteiger charge is -2.28. The molecule has 0 spiro atoms. The van der Waals surface area contributed by atoms with Gasteiger partial charge in [0.05, 0.1) is 19.8 Å². The first-order valence-electron chi connectivity index (χ1n) is 5.59. The molecule has 2 saturated heterocycles. The van der Waals surface area contributed by atoms with Crippen molar-refractivity contribution in [3.8, 4) is 0 Å². The molecule has 2 fully saturated rings. The fourth-order valence-electron chi connectivity index (χ4n) is 2.11. The predicted octanol–water partition coefficient (Wildman–Crippen LogP) is -1.12. The first-order chi connectivity index (χ1) is 7.25. The van der Waals surface area contributed by atoms with Crippen LogP contribution < -0.4 is 5.73 Å². The molecule has 0 bridgehead atoms. The number of hydrogen-bond acceptors (Lipinski definition) is 4. The summed E-state index contributed by atoms with van der Waals surface area (Å²) in [6.07, 6.45) is 1.01. The van der Waals surface area contributed by atoms with Crippen molar-refractivity contribution in [2.45, 2.75) is 12.5 Å². The smallest absolute Gasteiger partial charge is 0.236 e. The predicted molar refractivity (Wildman–Crippen MR) is 56.4 cm³/mol. The standard InChI is InChI=1S/C10H19N3O2/c11-9-1-2-12(7-9)8-10(14)13-3-5-15-6-4-13/h9H,1-8,11H2/t9-/m0/s1. The lowest BCUT2D eigenvalue weighted by Crippen LogP contribution is -2.45. The molecule has 2 N–H and O–H groups in total. The Bertz CT molecular complexity index is 229. The number of carbonyl (C=O) groups excluding carboxylic acids is 1. The molecule has 0 aromatic carbocycles. The lowest BCUT2D eigenvalue weighted by molar-refractivity contribution is -0.136. The van der Waals surface area contributed by atoms with Gasteiger partial charge in [-0.1, -0.05) is 0 Å². The largest absolute Gasteiger partial charge is 0.378 e. The average molecular weight is 213 g/mol. The normalized spacial score (nSPS) is 28.3. The molecule has 1 amide bonds. The number of amides is 1. The summed E-state index contributed by atoms with van der Waals surface area (Å²) in [6, 6.07) is 0.252. The molecule has 0 aromatic heterocycles. The van der Waals surface area contributed by atoms with Crippen LogP contribution in [0.1, 0.15) is 6.42 Å². The highest BCUT2D eigenvalue weighted by Gasteiger charge is 2.24. The van der Waals surface area contributed by atoms with Gasteiger partial charge < -0.3 is 15.4 Å². The van der Waals surface area contributed by atoms with Gasteiger partial charge in [0.25, 0.3) is 0 Å². The summed E-state index contributed by atoms with van der Waals surface area (Å²) in [4.78, 5) is 15.9. The molecule has 2 aliphatic heterocycles. The van der Waals surface area contributed by atoms with Crippen molar-refractivity contribution in [2.24, 2.45) is 5.73 Å². The summed E-state index contributed by atoms with van der Waals surface area (Å²) < 4.78 is 5.21. The molecular formula is C10H19N3O2. The Morgan fingerprint density at radius 1 is 1.33 bits per heavy atom. The molecule has 0 saturated carbocycles. The van der Waals surface area contributed by atoms with Gasteiger partial charge in [-0.05, 0) is 6.42 Å². The minimum atomic E-state index is 0.215. The molecule has 0 unspecified atom stereocenters. The van der Waals surface area contributed by atoms with Crippen LogP contribution in [0.25, 0.3) is 0 Å². The zero-order chi connectivity index (χ0) is 10.7. The van der Waals surface area contributed by atoms with Crippen LogP contribution in [-0.2, 0) is 9.53 Å². The molecule has 5 nitrogen and oxygen atoms in total. The van der Waals surface area contributed by atoms with E-state index in [1.165, 1.54) is 0 Å². The van der Waals surface area contributed by atoms with E-state index in [1.807, 2.05) is 4.90 Å². The monoisotopic (exact) mass is 213 g/mol. The SMILES string of the molecule is N[C@H]1CCN(CC(=O)N2CCOCC2)C1.